The topological polar surface area (TPSA) is 32.7 Å². The lowest BCUT2D eigenvalue weighted by molar-refractivity contribution is -0.110. The fraction of sp³-hybridized carbons (Fsp3) is 0.235. The number of hydrogen-bond donors (Lipinski definition) is 0. The summed E-state index contributed by atoms with van der Waals surface area (Å²) in [7, 11) is 0. The van der Waals surface area contributed by atoms with Gasteiger partial charge in [0.05, 0.1) is 10.4 Å². The van der Waals surface area contributed by atoms with Crippen molar-refractivity contribution in [3.8, 4) is 0 Å². The number of hydrogen-bond acceptors (Lipinski definition) is 5. The van der Waals surface area contributed by atoms with Crippen LogP contribution in [0.1, 0.15) is 59.7 Å². The van der Waals surface area contributed by atoms with E-state index in [1.807, 2.05) is 17.8 Å². The molecule has 0 bridgehead atoms. The van der Waals surface area contributed by atoms with Crippen molar-refractivity contribution in [1.29, 1.82) is 0 Å². The van der Waals surface area contributed by atoms with E-state index in [-0.39, 0.29) is 5.78 Å². The van der Waals surface area contributed by atoms with Crippen LogP contribution < -0.4 is 5.01 Å². The summed E-state index contributed by atoms with van der Waals surface area (Å²) in [5, 5.41) is 7.65. The van der Waals surface area contributed by atoms with Crippen LogP contribution in [0, 0.1) is 6.92 Å². The maximum absolute atomic E-state index is 12.8. The number of para-hydroxylation sites is 1. The van der Waals surface area contributed by atoms with E-state index in [0.717, 1.165) is 24.1 Å². The van der Waals surface area contributed by atoms with E-state index >= 15 is 0 Å². The van der Waals surface area contributed by atoms with E-state index in [1.165, 1.54) is 33.4 Å². The van der Waals surface area contributed by atoms with Crippen molar-refractivity contribution in [2.24, 2.45) is 5.10 Å². The van der Waals surface area contributed by atoms with Gasteiger partial charge < -0.3 is 0 Å². The highest BCUT2D eigenvalue weighted by Gasteiger charge is 2.61. The third kappa shape index (κ3) is 4.06. The number of thioether (sulfide) groups is 2. The average molecular weight is 549 g/mol. The van der Waals surface area contributed by atoms with Crippen LogP contribution in [0.2, 0.25) is 0 Å². The van der Waals surface area contributed by atoms with Crippen molar-refractivity contribution >= 4 is 40.0 Å². The van der Waals surface area contributed by atoms with Gasteiger partial charge in [-0.25, -0.2) is 5.01 Å². The molecule has 4 aromatic rings. The van der Waals surface area contributed by atoms with Gasteiger partial charge in [-0.05, 0) is 59.2 Å². The maximum Gasteiger partial charge on any atom is 0.187 e. The predicted molar refractivity (Wildman–Crippen MR) is 167 cm³/mol. The normalized spacial score (nSPS) is 19.3. The fourth-order valence-corrected chi connectivity index (χ4v) is 9.21. The van der Waals surface area contributed by atoms with Gasteiger partial charge in [0.25, 0.3) is 0 Å². The Labute approximate surface area is 239 Å². The molecule has 0 saturated heterocycles. The minimum absolute atomic E-state index is 0.00867. The molecule has 6 rings (SSSR count). The Morgan fingerprint density at radius 2 is 1.31 bits per heavy atom. The molecule has 2 aliphatic rings. The summed E-state index contributed by atoms with van der Waals surface area (Å²) in [5.74, 6) is -0.00867. The number of carbonyl (C=O) groups excluding carboxylic acids is 1. The number of nitrogens with zero attached hydrogens (tertiary/aromatic N) is 2. The zero-order valence-electron chi connectivity index (χ0n) is 22.8. The zero-order chi connectivity index (χ0) is 27.2. The van der Waals surface area contributed by atoms with Gasteiger partial charge in [-0.1, -0.05) is 128 Å². The third-order valence-electron chi connectivity index (χ3n) is 7.83. The molecule has 2 aliphatic heterocycles. The third-order valence-corrected chi connectivity index (χ3v) is 11.2. The summed E-state index contributed by atoms with van der Waals surface area (Å²) >= 11 is 3.46. The molecule has 4 aromatic carbocycles. The molecule has 3 nitrogen and oxygen atoms in total. The molecule has 0 unspecified atom stereocenters. The van der Waals surface area contributed by atoms with Gasteiger partial charge in [0, 0.05) is 12.5 Å². The molecule has 1 spiro atoms. The number of fused-ring (bicyclic) bond motifs is 2. The Morgan fingerprint density at radius 3 is 1.85 bits per heavy atom. The highest BCUT2D eigenvalue weighted by atomic mass is 32.2. The quantitative estimate of drug-likeness (QED) is 0.242. The van der Waals surface area contributed by atoms with Crippen molar-refractivity contribution in [3.05, 3.63) is 136 Å². The van der Waals surface area contributed by atoms with Gasteiger partial charge in [-0.3, -0.25) is 4.79 Å². The lowest BCUT2D eigenvalue weighted by Crippen LogP contribution is -2.34. The Morgan fingerprint density at radius 1 is 0.769 bits per heavy atom. The number of ketones is 1. The maximum atomic E-state index is 12.8. The lowest BCUT2D eigenvalue weighted by Gasteiger charge is -2.37. The van der Waals surface area contributed by atoms with Crippen LogP contribution in [0.3, 0.4) is 0 Å². The van der Waals surface area contributed by atoms with E-state index in [2.05, 4.69) is 117 Å². The first-order valence-corrected chi connectivity index (χ1v) is 15.2. The van der Waals surface area contributed by atoms with E-state index in [9.17, 15) is 4.79 Å². The standard InChI is InChI=1S/C34H32N2OS2/c1-5-25-15-19-27(20-16-25)33(28-21-17-26(6-2)18-22-28)29-12-8-9-13-30(29)34(39-33)36(35-32(38-34)24(4)37)31-14-10-7-11-23(31)3/h7-22H,5-6H2,1-4H3/t34-/m0/s1. The van der Waals surface area contributed by atoms with Gasteiger partial charge in [0.1, 0.15) is 0 Å². The molecule has 0 radical (unpaired) electrons. The van der Waals surface area contributed by atoms with E-state index < -0.39 is 8.95 Å². The zero-order valence-corrected chi connectivity index (χ0v) is 24.4. The first kappa shape index (κ1) is 26.0. The molecule has 0 amide bonds. The summed E-state index contributed by atoms with van der Waals surface area (Å²) in [6.45, 7) is 8.12. The molecular formula is C34H32N2OS2. The van der Waals surface area contributed by atoms with E-state index in [1.54, 1.807) is 18.7 Å². The fourth-order valence-electron chi connectivity index (χ4n) is 5.67. The second-order valence-corrected chi connectivity index (χ2v) is 13.0. The highest BCUT2D eigenvalue weighted by Crippen LogP contribution is 2.71. The monoisotopic (exact) mass is 548 g/mol. The predicted octanol–water partition coefficient (Wildman–Crippen LogP) is 8.42. The summed E-state index contributed by atoms with van der Waals surface area (Å²) in [4.78, 5) is 12.8. The average Bonchev–Trinajstić information content (AvgIpc) is 3.50. The molecule has 0 N–H and O–H groups in total. The molecule has 0 aliphatic carbocycles. The summed E-state index contributed by atoms with van der Waals surface area (Å²) < 4.78 is -1.12. The van der Waals surface area contributed by atoms with Crippen LogP contribution in [0.4, 0.5) is 5.69 Å². The van der Waals surface area contributed by atoms with Crippen molar-refractivity contribution in [1.82, 2.24) is 0 Å². The summed E-state index contributed by atoms with van der Waals surface area (Å²) in [6, 6.07) is 35.2. The number of benzene rings is 4. The largest absolute Gasteiger partial charge is 0.292 e. The van der Waals surface area contributed by atoms with Crippen molar-refractivity contribution < 1.29 is 4.79 Å². The number of hydrazone groups is 1. The van der Waals surface area contributed by atoms with Crippen LogP contribution in [0.15, 0.2) is 102 Å². The molecule has 2 heterocycles. The van der Waals surface area contributed by atoms with Crippen molar-refractivity contribution in [2.45, 2.75) is 49.5 Å². The highest BCUT2D eigenvalue weighted by molar-refractivity contribution is 8.27. The van der Waals surface area contributed by atoms with Gasteiger partial charge >= 0.3 is 0 Å². The number of carbonyl (C=O) groups is 1. The minimum atomic E-state index is -0.642. The summed E-state index contributed by atoms with van der Waals surface area (Å²) in [5.41, 5.74) is 9.68. The molecule has 0 saturated carbocycles. The summed E-state index contributed by atoms with van der Waals surface area (Å²) in [6.07, 6.45) is 2.00. The molecule has 0 fully saturated rings. The molecule has 1 atom stereocenters. The second kappa shape index (κ2) is 10.0. The smallest absolute Gasteiger partial charge is 0.187 e. The Balaban J connectivity index is 1.64. The van der Waals surface area contributed by atoms with Crippen molar-refractivity contribution in [2.75, 3.05) is 5.01 Å². The Bertz CT molecular complexity index is 1530. The van der Waals surface area contributed by atoms with E-state index in [4.69, 9.17) is 5.10 Å². The Hall–Kier alpha value is -3.28. The van der Waals surface area contributed by atoms with Crippen LogP contribution >= 0.6 is 23.5 Å². The van der Waals surface area contributed by atoms with Crippen LogP contribution in [0.25, 0.3) is 0 Å². The number of aryl methyl sites for hydroxylation is 3. The second-order valence-electron chi connectivity index (χ2n) is 10.2. The van der Waals surface area contributed by atoms with Gasteiger partial charge in [0.15, 0.2) is 15.0 Å². The SMILES string of the molecule is CCc1ccc(C2(c3ccc(CC)cc3)S[C@@]3(SC(C(C)=O)=NN3c3ccccc3C)c3ccccc32)cc1. The van der Waals surface area contributed by atoms with E-state index in [0.29, 0.717) is 5.04 Å². The first-order valence-electron chi connectivity index (χ1n) is 13.6. The molecular weight excluding hydrogens is 517 g/mol. The minimum Gasteiger partial charge on any atom is -0.292 e. The Kier molecular flexibility index (Phi) is 6.68. The number of anilines is 1. The van der Waals surface area contributed by atoms with Crippen LogP contribution in [-0.4, -0.2) is 10.8 Å². The van der Waals surface area contributed by atoms with Crippen molar-refractivity contribution in [3.63, 3.8) is 0 Å². The number of Topliss-reactive ketones (excluding diaryl/α,β-unsaturated/α-hetero) is 1. The molecule has 0 aromatic heterocycles. The van der Waals surface area contributed by atoms with Gasteiger partial charge in [-0.2, -0.15) is 5.10 Å². The molecule has 39 heavy (non-hydrogen) atoms. The molecule has 196 valence electrons. The molecule has 5 heteroatoms. The lowest BCUT2D eigenvalue weighted by atomic mass is 9.81. The van der Waals surface area contributed by atoms with Gasteiger partial charge in [0.2, 0.25) is 0 Å². The number of rotatable bonds is 6. The first-order chi connectivity index (χ1) is 18.9. The van der Waals surface area contributed by atoms with Crippen LogP contribution in [0.5, 0.6) is 0 Å². The van der Waals surface area contributed by atoms with Crippen LogP contribution in [-0.2, 0) is 26.6 Å². The van der Waals surface area contributed by atoms with Gasteiger partial charge in [-0.15, -0.1) is 0 Å².